The molecule has 0 saturated heterocycles. The molecule has 108 valence electrons. The van der Waals surface area contributed by atoms with Crippen molar-refractivity contribution in [1.82, 2.24) is 10.3 Å². The summed E-state index contributed by atoms with van der Waals surface area (Å²) in [5.41, 5.74) is 3.15. The van der Waals surface area contributed by atoms with Crippen LogP contribution in [0, 0.1) is 5.82 Å². The first-order valence-electron chi connectivity index (χ1n) is 6.96. The maximum absolute atomic E-state index is 13.1. The van der Waals surface area contributed by atoms with Crippen LogP contribution in [-0.4, -0.2) is 16.6 Å². The number of nitrogens with one attached hydrogen (secondary N) is 2. The van der Waals surface area contributed by atoms with E-state index in [1.165, 1.54) is 17.0 Å². The molecule has 0 amide bonds. The quantitative estimate of drug-likeness (QED) is 0.629. The number of halogens is 1. The maximum atomic E-state index is 13.1. The largest absolute Gasteiger partial charge is 0.508 e. The summed E-state index contributed by atoms with van der Waals surface area (Å²) in [5, 5.41) is 13.9. The summed E-state index contributed by atoms with van der Waals surface area (Å²) in [6, 6.07) is 12.3. The van der Waals surface area contributed by atoms with Crippen molar-refractivity contribution >= 4 is 10.9 Å². The zero-order valence-corrected chi connectivity index (χ0v) is 11.6. The summed E-state index contributed by atoms with van der Waals surface area (Å²) in [5.74, 6) is -0.452. The highest BCUT2D eigenvalue weighted by atomic mass is 19.1. The Morgan fingerprint density at radius 1 is 1.14 bits per heavy atom. The molecule has 0 spiro atoms. The molecular weight excluding hydrogens is 267 g/mol. The van der Waals surface area contributed by atoms with Crippen LogP contribution in [0.25, 0.3) is 10.9 Å². The van der Waals surface area contributed by atoms with Gasteiger partial charge in [-0.25, -0.2) is 4.39 Å². The molecule has 3 nitrogen and oxygen atoms in total. The fourth-order valence-corrected chi connectivity index (χ4v) is 2.53. The second-order valence-corrected chi connectivity index (χ2v) is 5.10. The number of para-hydroxylation sites is 1. The van der Waals surface area contributed by atoms with Gasteiger partial charge in [0, 0.05) is 29.7 Å². The summed E-state index contributed by atoms with van der Waals surface area (Å²) in [6.45, 7) is 1.33. The number of rotatable bonds is 5. The Morgan fingerprint density at radius 2 is 2.00 bits per heavy atom. The average molecular weight is 284 g/mol. The van der Waals surface area contributed by atoms with Crippen LogP contribution >= 0.6 is 0 Å². The number of phenolic OH excluding ortho intramolecular Hbond substituents is 1. The minimum absolute atomic E-state index is 0.0385. The summed E-state index contributed by atoms with van der Waals surface area (Å²) < 4.78 is 13.1. The molecule has 0 radical (unpaired) electrons. The van der Waals surface area contributed by atoms with Crippen molar-refractivity contribution in [2.45, 2.75) is 13.0 Å². The molecule has 0 saturated carbocycles. The van der Waals surface area contributed by atoms with E-state index >= 15 is 0 Å². The van der Waals surface area contributed by atoms with E-state index in [0.717, 1.165) is 30.1 Å². The van der Waals surface area contributed by atoms with Crippen molar-refractivity contribution in [3.05, 3.63) is 65.6 Å². The zero-order valence-electron chi connectivity index (χ0n) is 11.6. The molecule has 4 heteroatoms. The number of H-pyrrole nitrogens is 1. The molecule has 3 aromatic rings. The molecule has 0 atom stereocenters. The molecule has 1 heterocycles. The monoisotopic (exact) mass is 284 g/mol. The van der Waals surface area contributed by atoms with E-state index in [1.54, 1.807) is 6.07 Å². The molecule has 1 aromatic heterocycles. The van der Waals surface area contributed by atoms with Crippen molar-refractivity contribution in [3.63, 3.8) is 0 Å². The van der Waals surface area contributed by atoms with Gasteiger partial charge in [0.15, 0.2) is 0 Å². The molecule has 0 aliphatic heterocycles. The summed E-state index contributed by atoms with van der Waals surface area (Å²) in [6.07, 6.45) is 2.92. The van der Waals surface area contributed by atoms with Crippen molar-refractivity contribution in [2.75, 3.05) is 6.54 Å². The standard InChI is InChI=1S/C17H17FN2O/c18-14-7-12(8-15(21)9-14)10-19-6-5-13-11-20-17-4-2-1-3-16(13)17/h1-4,7-9,11,19-21H,5-6,10H2. The number of hydrogen-bond donors (Lipinski definition) is 3. The molecule has 0 aliphatic carbocycles. The molecule has 3 rings (SSSR count). The Kier molecular flexibility index (Phi) is 3.88. The van der Waals surface area contributed by atoms with Crippen LogP contribution in [0.1, 0.15) is 11.1 Å². The van der Waals surface area contributed by atoms with E-state index in [4.69, 9.17) is 0 Å². The highest BCUT2D eigenvalue weighted by Crippen LogP contribution is 2.18. The van der Waals surface area contributed by atoms with E-state index in [9.17, 15) is 9.50 Å². The van der Waals surface area contributed by atoms with E-state index in [0.29, 0.717) is 6.54 Å². The third-order valence-corrected chi connectivity index (χ3v) is 3.52. The van der Waals surface area contributed by atoms with Crippen LogP contribution in [0.3, 0.4) is 0 Å². The van der Waals surface area contributed by atoms with Gasteiger partial charge in [0.25, 0.3) is 0 Å². The van der Waals surface area contributed by atoms with Crippen LogP contribution in [0.15, 0.2) is 48.7 Å². The Balaban J connectivity index is 1.56. The van der Waals surface area contributed by atoms with Gasteiger partial charge in [-0.05, 0) is 42.3 Å². The van der Waals surface area contributed by atoms with Gasteiger partial charge in [0.05, 0.1) is 0 Å². The fraction of sp³-hybridized carbons (Fsp3) is 0.176. The number of hydrogen-bond acceptors (Lipinski definition) is 2. The molecule has 0 aliphatic rings. The Morgan fingerprint density at radius 3 is 2.86 bits per heavy atom. The van der Waals surface area contributed by atoms with Crippen LogP contribution in [-0.2, 0) is 13.0 Å². The van der Waals surface area contributed by atoms with Crippen molar-refractivity contribution in [1.29, 1.82) is 0 Å². The van der Waals surface area contributed by atoms with Crippen LogP contribution in [0.5, 0.6) is 5.75 Å². The van der Waals surface area contributed by atoms with Crippen LogP contribution in [0.2, 0.25) is 0 Å². The van der Waals surface area contributed by atoms with Gasteiger partial charge in [-0.15, -0.1) is 0 Å². The van der Waals surface area contributed by atoms with E-state index in [2.05, 4.69) is 22.4 Å². The second-order valence-electron chi connectivity index (χ2n) is 5.10. The predicted molar refractivity (Wildman–Crippen MR) is 81.8 cm³/mol. The Labute approximate surface area is 122 Å². The highest BCUT2D eigenvalue weighted by molar-refractivity contribution is 5.83. The second kappa shape index (κ2) is 5.97. The third-order valence-electron chi connectivity index (χ3n) is 3.52. The predicted octanol–water partition coefficient (Wildman–Crippen LogP) is 3.34. The van der Waals surface area contributed by atoms with Gasteiger partial charge in [-0.1, -0.05) is 18.2 Å². The van der Waals surface area contributed by atoms with Crippen molar-refractivity contribution < 1.29 is 9.50 Å². The summed E-state index contributed by atoms with van der Waals surface area (Å²) in [4.78, 5) is 3.25. The summed E-state index contributed by atoms with van der Waals surface area (Å²) in [7, 11) is 0. The molecule has 21 heavy (non-hydrogen) atoms. The van der Waals surface area contributed by atoms with Gasteiger partial charge < -0.3 is 15.4 Å². The molecule has 0 bridgehead atoms. The van der Waals surface area contributed by atoms with E-state index in [1.807, 2.05) is 18.3 Å². The molecule has 3 N–H and O–H groups in total. The number of fused-ring (bicyclic) bond motifs is 1. The minimum atomic E-state index is -0.413. The average Bonchev–Trinajstić information content (AvgIpc) is 2.86. The van der Waals surface area contributed by atoms with Crippen LogP contribution < -0.4 is 5.32 Å². The Hall–Kier alpha value is -2.33. The molecule has 0 unspecified atom stereocenters. The topological polar surface area (TPSA) is 48.0 Å². The number of benzene rings is 2. The smallest absolute Gasteiger partial charge is 0.127 e. The van der Waals surface area contributed by atoms with Crippen molar-refractivity contribution in [2.24, 2.45) is 0 Å². The van der Waals surface area contributed by atoms with Gasteiger partial charge in [-0.2, -0.15) is 0 Å². The first kappa shape index (κ1) is 13.6. The number of phenols is 1. The number of aromatic nitrogens is 1. The van der Waals surface area contributed by atoms with Gasteiger partial charge in [0.2, 0.25) is 0 Å². The highest BCUT2D eigenvalue weighted by Gasteiger charge is 2.03. The Bertz CT molecular complexity index is 731. The minimum Gasteiger partial charge on any atom is -0.508 e. The van der Waals surface area contributed by atoms with Gasteiger partial charge in [-0.3, -0.25) is 0 Å². The first-order chi connectivity index (χ1) is 10.2. The fourth-order valence-electron chi connectivity index (χ4n) is 2.53. The molecule has 2 aromatic carbocycles. The molecular formula is C17H17FN2O. The lowest BCUT2D eigenvalue weighted by atomic mass is 10.1. The van der Waals surface area contributed by atoms with Gasteiger partial charge >= 0.3 is 0 Å². The number of aromatic hydroxyl groups is 1. The molecule has 0 fully saturated rings. The summed E-state index contributed by atoms with van der Waals surface area (Å²) >= 11 is 0. The van der Waals surface area contributed by atoms with Crippen LogP contribution in [0.4, 0.5) is 4.39 Å². The number of aromatic amines is 1. The van der Waals surface area contributed by atoms with E-state index in [-0.39, 0.29) is 5.75 Å². The maximum Gasteiger partial charge on any atom is 0.127 e. The first-order valence-corrected chi connectivity index (χ1v) is 6.96. The zero-order chi connectivity index (χ0) is 14.7. The van der Waals surface area contributed by atoms with E-state index < -0.39 is 5.82 Å². The third kappa shape index (κ3) is 3.23. The normalized spacial score (nSPS) is 11.1. The lowest BCUT2D eigenvalue weighted by Crippen LogP contribution is -2.16. The van der Waals surface area contributed by atoms with Gasteiger partial charge in [0.1, 0.15) is 11.6 Å². The SMILES string of the molecule is Oc1cc(F)cc(CNCCc2c[nH]c3ccccc23)c1. The lowest BCUT2D eigenvalue weighted by molar-refractivity contribution is 0.467. The van der Waals surface area contributed by atoms with Crippen molar-refractivity contribution in [3.8, 4) is 5.75 Å². The lowest BCUT2D eigenvalue weighted by Gasteiger charge is -2.05.